The van der Waals surface area contributed by atoms with Crippen LogP contribution in [-0.2, 0) is 0 Å². The standard InChI is InChI=1S/C20H16N2O6/c1-12-19-15-7-10-18(23)28-17(15)9-8-16(19)21(2)20(12,24)11-27-14-5-3-13(4-6-14)22(25)26/h3-10,24H,1,11H2,2H3. The van der Waals surface area contributed by atoms with E-state index in [1.54, 1.807) is 30.1 Å². The molecule has 1 unspecified atom stereocenters. The molecule has 28 heavy (non-hydrogen) atoms. The Labute approximate surface area is 159 Å². The zero-order chi connectivity index (χ0) is 20.1. The number of hydrogen-bond acceptors (Lipinski definition) is 7. The maximum atomic E-state index is 11.5. The van der Waals surface area contributed by atoms with Crippen molar-refractivity contribution in [1.29, 1.82) is 0 Å². The van der Waals surface area contributed by atoms with E-state index in [9.17, 15) is 20.0 Å². The summed E-state index contributed by atoms with van der Waals surface area (Å²) in [4.78, 5) is 23.4. The van der Waals surface area contributed by atoms with Crippen LogP contribution < -0.4 is 15.3 Å². The predicted molar refractivity (Wildman–Crippen MR) is 103 cm³/mol. The van der Waals surface area contributed by atoms with Crippen molar-refractivity contribution in [1.82, 2.24) is 0 Å². The number of hydrogen-bond donors (Lipinski definition) is 1. The first-order valence-corrected chi connectivity index (χ1v) is 8.41. The van der Waals surface area contributed by atoms with E-state index >= 15 is 0 Å². The Morgan fingerprint density at radius 3 is 2.61 bits per heavy atom. The van der Waals surface area contributed by atoms with Gasteiger partial charge in [-0.2, -0.15) is 0 Å². The molecule has 1 aliphatic rings. The van der Waals surface area contributed by atoms with Crippen LogP contribution in [0.4, 0.5) is 11.4 Å². The Morgan fingerprint density at radius 2 is 1.93 bits per heavy atom. The minimum atomic E-state index is -1.53. The van der Waals surface area contributed by atoms with Gasteiger partial charge in [0.05, 0.1) is 4.92 Å². The van der Waals surface area contributed by atoms with E-state index in [-0.39, 0.29) is 12.3 Å². The van der Waals surface area contributed by atoms with Crippen LogP contribution in [0.2, 0.25) is 0 Å². The molecular weight excluding hydrogens is 364 g/mol. The number of rotatable bonds is 4. The van der Waals surface area contributed by atoms with Crippen molar-refractivity contribution in [3.05, 3.63) is 81.2 Å². The van der Waals surface area contributed by atoms with E-state index in [1.807, 2.05) is 0 Å². The van der Waals surface area contributed by atoms with Crippen molar-refractivity contribution in [3.8, 4) is 5.75 Å². The van der Waals surface area contributed by atoms with Gasteiger partial charge in [0.1, 0.15) is 17.9 Å². The summed E-state index contributed by atoms with van der Waals surface area (Å²) < 4.78 is 10.9. The van der Waals surface area contributed by atoms with Crippen molar-refractivity contribution in [2.75, 3.05) is 18.6 Å². The van der Waals surface area contributed by atoms with E-state index in [1.165, 1.54) is 30.3 Å². The number of ether oxygens (including phenoxy) is 1. The molecule has 142 valence electrons. The van der Waals surface area contributed by atoms with Crippen LogP contribution in [-0.4, -0.2) is 29.4 Å². The van der Waals surface area contributed by atoms with Gasteiger partial charge in [0.15, 0.2) is 5.72 Å². The van der Waals surface area contributed by atoms with Crippen molar-refractivity contribution in [2.24, 2.45) is 0 Å². The third-order valence-corrected chi connectivity index (χ3v) is 4.97. The second-order valence-corrected chi connectivity index (χ2v) is 6.52. The summed E-state index contributed by atoms with van der Waals surface area (Å²) in [6, 6.07) is 12.0. The Bertz CT molecular complexity index is 1170. The van der Waals surface area contributed by atoms with Crippen LogP contribution in [0.25, 0.3) is 16.5 Å². The fraction of sp³-hybridized carbons (Fsp3) is 0.150. The van der Waals surface area contributed by atoms with E-state index in [0.717, 1.165) is 5.69 Å². The number of likely N-dealkylation sites (N-methyl/N-ethyl adjacent to an activating group) is 1. The minimum absolute atomic E-state index is 0.0474. The molecule has 2 heterocycles. The third kappa shape index (κ3) is 2.62. The zero-order valence-corrected chi connectivity index (χ0v) is 14.9. The quantitative estimate of drug-likeness (QED) is 0.421. The second-order valence-electron chi connectivity index (χ2n) is 6.52. The molecule has 0 fully saturated rings. The van der Waals surface area contributed by atoms with Gasteiger partial charge in [-0.1, -0.05) is 6.58 Å². The monoisotopic (exact) mass is 380 g/mol. The summed E-state index contributed by atoms with van der Waals surface area (Å²) in [5.41, 5.74) is 0.177. The lowest BCUT2D eigenvalue weighted by atomic mass is 9.98. The summed E-state index contributed by atoms with van der Waals surface area (Å²) in [6.45, 7) is 3.89. The zero-order valence-electron chi connectivity index (χ0n) is 14.9. The summed E-state index contributed by atoms with van der Waals surface area (Å²) >= 11 is 0. The lowest BCUT2D eigenvalue weighted by Gasteiger charge is -2.32. The van der Waals surface area contributed by atoms with E-state index in [0.29, 0.717) is 27.9 Å². The summed E-state index contributed by atoms with van der Waals surface area (Å²) in [7, 11) is 1.71. The highest BCUT2D eigenvalue weighted by Crippen LogP contribution is 2.47. The number of nitrogens with zero attached hydrogens (tertiary/aromatic N) is 2. The minimum Gasteiger partial charge on any atom is -0.488 e. The van der Waals surface area contributed by atoms with Crippen LogP contribution in [0.15, 0.2) is 64.3 Å². The number of anilines is 1. The summed E-state index contributed by atoms with van der Waals surface area (Å²) in [5.74, 6) is 0.382. The predicted octanol–water partition coefficient (Wildman–Crippen LogP) is 2.93. The molecule has 0 spiro atoms. The fourth-order valence-corrected chi connectivity index (χ4v) is 3.37. The molecule has 3 aromatic rings. The number of benzene rings is 2. The van der Waals surface area contributed by atoms with E-state index < -0.39 is 16.3 Å². The van der Waals surface area contributed by atoms with Gasteiger partial charge in [0, 0.05) is 47.5 Å². The SMILES string of the molecule is C=C1c2c(ccc3oc(=O)ccc23)N(C)C1(O)COc1ccc([N+](=O)[O-])cc1. The number of non-ortho nitro benzene ring substituents is 1. The van der Waals surface area contributed by atoms with Crippen molar-refractivity contribution >= 4 is 27.9 Å². The second kappa shape index (κ2) is 6.21. The number of aliphatic hydroxyl groups is 1. The molecule has 0 radical (unpaired) electrons. The lowest BCUT2D eigenvalue weighted by molar-refractivity contribution is -0.384. The molecule has 2 aromatic carbocycles. The molecule has 0 amide bonds. The van der Waals surface area contributed by atoms with Gasteiger partial charge in [-0.25, -0.2) is 4.79 Å². The van der Waals surface area contributed by atoms with Crippen LogP contribution >= 0.6 is 0 Å². The van der Waals surface area contributed by atoms with Gasteiger partial charge < -0.3 is 19.2 Å². The first-order valence-electron chi connectivity index (χ1n) is 8.41. The topological polar surface area (TPSA) is 106 Å². The van der Waals surface area contributed by atoms with Crippen molar-refractivity contribution in [2.45, 2.75) is 5.72 Å². The van der Waals surface area contributed by atoms with Gasteiger partial charge in [-0.05, 0) is 30.3 Å². The molecule has 1 aromatic heterocycles. The molecule has 4 rings (SSSR count). The molecule has 0 saturated heterocycles. The highest BCUT2D eigenvalue weighted by atomic mass is 16.6. The van der Waals surface area contributed by atoms with Crippen molar-refractivity contribution < 1.29 is 19.2 Å². The molecule has 1 atom stereocenters. The van der Waals surface area contributed by atoms with Gasteiger partial charge >= 0.3 is 5.63 Å². The molecule has 8 heteroatoms. The highest BCUT2D eigenvalue weighted by molar-refractivity contribution is 6.02. The van der Waals surface area contributed by atoms with Crippen molar-refractivity contribution in [3.63, 3.8) is 0 Å². The smallest absolute Gasteiger partial charge is 0.336 e. The fourth-order valence-electron chi connectivity index (χ4n) is 3.37. The molecule has 1 N–H and O–H groups in total. The first kappa shape index (κ1) is 17.7. The third-order valence-electron chi connectivity index (χ3n) is 4.97. The Kier molecular flexibility index (Phi) is 3.93. The van der Waals surface area contributed by atoms with Gasteiger partial charge in [0.25, 0.3) is 5.69 Å². The first-order chi connectivity index (χ1) is 13.3. The molecular formula is C20H16N2O6. The van der Waals surface area contributed by atoms with Crippen LogP contribution in [0.1, 0.15) is 5.56 Å². The van der Waals surface area contributed by atoms with E-state index in [2.05, 4.69) is 6.58 Å². The Hall–Kier alpha value is -3.65. The van der Waals surface area contributed by atoms with Gasteiger partial charge in [0.2, 0.25) is 0 Å². The summed E-state index contributed by atoms with van der Waals surface area (Å²) in [5, 5.41) is 22.7. The maximum absolute atomic E-state index is 11.5. The number of nitro benzene ring substituents is 1. The normalized spacial score (nSPS) is 18.4. The van der Waals surface area contributed by atoms with E-state index in [4.69, 9.17) is 9.15 Å². The number of nitro groups is 1. The Morgan fingerprint density at radius 1 is 1.21 bits per heavy atom. The maximum Gasteiger partial charge on any atom is 0.336 e. The summed E-state index contributed by atoms with van der Waals surface area (Å²) in [6.07, 6.45) is 0. The molecule has 0 aliphatic carbocycles. The van der Waals surface area contributed by atoms with Crippen LogP contribution in [0, 0.1) is 10.1 Å². The molecule has 8 nitrogen and oxygen atoms in total. The Balaban J connectivity index is 1.65. The van der Waals surface area contributed by atoms with Crippen LogP contribution in [0.3, 0.4) is 0 Å². The highest BCUT2D eigenvalue weighted by Gasteiger charge is 2.45. The average Bonchev–Trinajstić information content (AvgIpc) is 2.88. The van der Waals surface area contributed by atoms with Crippen LogP contribution in [0.5, 0.6) is 5.75 Å². The van der Waals surface area contributed by atoms with Gasteiger partial charge in [-0.3, -0.25) is 10.1 Å². The molecule has 0 bridgehead atoms. The largest absolute Gasteiger partial charge is 0.488 e. The molecule has 0 saturated carbocycles. The lowest BCUT2D eigenvalue weighted by Crippen LogP contribution is -2.48. The average molecular weight is 380 g/mol. The van der Waals surface area contributed by atoms with Gasteiger partial charge in [-0.15, -0.1) is 0 Å². The number of fused-ring (bicyclic) bond motifs is 3. The molecule has 1 aliphatic heterocycles.